The lowest BCUT2D eigenvalue weighted by Crippen LogP contribution is -2.35. The molecule has 2 heterocycles. The van der Waals surface area contributed by atoms with Gasteiger partial charge >= 0.3 is 0 Å². The number of pyridine rings is 1. The SMILES string of the molecule is COc1ccc2[nH]c(=O)c(CN(Cc3ccco3)C(=S)Nc3ccc(C)cc3C)cc2c1. The molecule has 32 heavy (non-hydrogen) atoms. The molecule has 0 aliphatic heterocycles. The first-order valence-corrected chi connectivity index (χ1v) is 10.7. The molecule has 0 spiro atoms. The minimum Gasteiger partial charge on any atom is -0.497 e. The van der Waals surface area contributed by atoms with Gasteiger partial charge in [-0.15, -0.1) is 0 Å². The Kier molecular flexibility index (Phi) is 6.28. The zero-order valence-corrected chi connectivity index (χ0v) is 19.1. The van der Waals surface area contributed by atoms with Gasteiger partial charge in [0.1, 0.15) is 11.5 Å². The second kappa shape index (κ2) is 9.28. The van der Waals surface area contributed by atoms with E-state index in [9.17, 15) is 4.79 Å². The number of benzene rings is 2. The summed E-state index contributed by atoms with van der Waals surface area (Å²) >= 11 is 5.74. The summed E-state index contributed by atoms with van der Waals surface area (Å²) in [7, 11) is 1.62. The topological polar surface area (TPSA) is 70.5 Å². The van der Waals surface area contributed by atoms with Crippen molar-refractivity contribution in [2.75, 3.05) is 12.4 Å². The van der Waals surface area contributed by atoms with Gasteiger partial charge < -0.3 is 24.4 Å². The Morgan fingerprint density at radius 1 is 1.12 bits per heavy atom. The first kappa shape index (κ1) is 21.6. The number of anilines is 1. The normalized spacial score (nSPS) is 10.8. The van der Waals surface area contributed by atoms with Crippen molar-refractivity contribution in [3.05, 3.63) is 93.7 Å². The molecule has 0 aliphatic rings. The number of nitrogens with one attached hydrogen (secondary N) is 2. The zero-order valence-electron chi connectivity index (χ0n) is 18.3. The fourth-order valence-corrected chi connectivity index (χ4v) is 3.86. The molecule has 0 saturated heterocycles. The van der Waals surface area contributed by atoms with Crippen LogP contribution in [0.4, 0.5) is 5.69 Å². The third-order valence-electron chi connectivity index (χ3n) is 5.33. The van der Waals surface area contributed by atoms with Crippen molar-refractivity contribution in [3.63, 3.8) is 0 Å². The summed E-state index contributed by atoms with van der Waals surface area (Å²) in [4.78, 5) is 17.7. The van der Waals surface area contributed by atoms with Crippen LogP contribution in [0.5, 0.6) is 5.75 Å². The minimum absolute atomic E-state index is 0.151. The number of hydrogen-bond acceptors (Lipinski definition) is 4. The number of methoxy groups -OCH3 is 1. The molecule has 0 atom stereocenters. The lowest BCUT2D eigenvalue weighted by atomic mass is 10.1. The summed E-state index contributed by atoms with van der Waals surface area (Å²) in [6.45, 7) is 4.84. The van der Waals surface area contributed by atoms with E-state index >= 15 is 0 Å². The van der Waals surface area contributed by atoms with Crippen molar-refractivity contribution < 1.29 is 9.15 Å². The fraction of sp³-hybridized carbons (Fsp3) is 0.200. The predicted octanol–water partition coefficient (Wildman–Crippen LogP) is 5.15. The highest BCUT2D eigenvalue weighted by atomic mass is 32.1. The summed E-state index contributed by atoms with van der Waals surface area (Å²) in [5.41, 5.74) is 4.42. The largest absolute Gasteiger partial charge is 0.497 e. The van der Waals surface area contributed by atoms with Crippen molar-refractivity contribution in [2.24, 2.45) is 0 Å². The van der Waals surface area contributed by atoms with E-state index in [4.69, 9.17) is 21.4 Å². The van der Waals surface area contributed by atoms with Crippen LogP contribution < -0.4 is 15.6 Å². The molecule has 0 amide bonds. The van der Waals surface area contributed by atoms with Gasteiger partial charge in [0.2, 0.25) is 0 Å². The summed E-state index contributed by atoms with van der Waals surface area (Å²) in [6, 6.07) is 17.3. The number of aromatic amines is 1. The van der Waals surface area contributed by atoms with E-state index in [0.29, 0.717) is 23.8 Å². The van der Waals surface area contributed by atoms with Gasteiger partial charge in [-0.05, 0) is 74.1 Å². The molecule has 0 fully saturated rings. The lowest BCUT2D eigenvalue weighted by molar-refractivity contribution is 0.359. The van der Waals surface area contributed by atoms with Crippen molar-refractivity contribution >= 4 is 33.9 Å². The van der Waals surface area contributed by atoms with Crippen LogP contribution in [0, 0.1) is 13.8 Å². The molecule has 6 nitrogen and oxygen atoms in total. The van der Waals surface area contributed by atoms with Gasteiger partial charge in [-0.3, -0.25) is 4.79 Å². The van der Waals surface area contributed by atoms with Crippen molar-refractivity contribution in [1.82, 2.24) is 9.88 Å². The van der Waals surface area contributed by atoms with Gasteiger partial charge in [-0.1, -0.05) is 17.7 Å². The second-order valence-corrected chi connectivity index (χ2v) is 8.15. The van der Waals surface area contributed by atoms with Gasteiger partial charge in [0, 0.05) is 22.2 Å². The number of thiocarbonyl (C=S) groups is 1. The van der Waals surface area contributed by atoms with Crippen LogP contribution in [0.1, 0.15) is 22.5 Å². The maximum absolute atomic E-state index is 12.8. The Morgan fingerprint density at radius 3 is 2.69 bits per heavy atom. The molecular formula is C25H25N3O3S. The maximum atomic E-state index is 12.8. The fourth-order valence-electron chi connectivity index (χ4n) is 3.62. The average Bonchev–Trinajstić information content (AvgIpc) is 3.28. The average molecular weight is 448 g/mol. The zero-order chi connectivity index (χ0) is 22.7. The Bertz CT molecular complexity index is 1310. The number of ether oxygens (including phenoxy) is 1. The molecule has 7 heteroatoms. The maximum Gasteiger partial charge on any atom is 0.253 e. The number of fused-ring (bicyclic) bond motifs is 1. The highest BCUT2D eigenvalue weighted by Crippen LogP contribution is 2.21. The minimum atomic E-state index is -0.151. The number of furan rings is 1. The van der Waals surface area contributed by atoms with E-state index in [0.717, 1.165) is 33.7 Å². The number of aromatic nitrogens is 1. The summed E-state index contributed by atoms with van der Waals surface area (Å²) in [5.74, 6) is 1.49. The summed E-state index contributed by atoms with van der Waals surface area (Å²) in [5, 5.41) is 4.73. The molecule has 4 rings (SSSR count). The number of hydrogen-bond donors (Lipinski definition) is 2. The van der Waals surface area contributed by atoms with Gasteiger partial charge in [0.25, 0.3) is 5.56 Å². The van der Waals surface area contributed by atoms with Crippen LogP contribution in [0.3, 0.4) is 0 Å². The molecule has 2 aromatic heterocycles. The number of nitrogens with zero attached hydrogens (tertiary/aromatic N) is 1. The van der Waals surface area contributed by atoms with Crippen molar-refractivity contribution in [3.8, 4) is 5.75 Å². The van der Waals surface area contributed by atoms with Crippen LogP contribution in [0.15, 0.2) is 70.1 Å². The third-order valence-corrected chi connectivity index (χ3v) is 5.69. The van der Waals surface area contributed by atoms with E-state index < -0.39 is 0 Å². The first-order valence-electron chi connectivity index (χ1n) is 10.3. The van der Waals surface area contributed by atoms with E-state index in [2.05, 4.69) is 23.3 Å². The summed E-state index contributed by atoms with van der Waals surface area (Å²) < 4.78 is 10.9. The van der Waals surface area contributed by atoms with Crippen molar-refractivity contribution in [1.29, 1.82) is 0 Å². The second-order valence-electron chi connectivity index (χ2n) is 7.76. The Hall–Kier alpha value is -3.58. The monoisotopic (exact) mass is 447 g/mol. The van der Waals surface area contributed by atoms with Crippen LogP contribution in [0.2, 0.25) is 0 Å². The molecule has 2 N–H and O–H groups in total. The van der Waals surface area contributed by atoms with Crippen LogP contribution in [-0.2, 0) is 13.1 Å². The van der Waals surface area contributed by atoms with Crippen LogP contribution in [-0.4, -0.2) is 22.1 Å². The van der Waals surface area contributed by atoms with E-state index in [-0.39, 0.29) is 5.56 Å². The standard InChI is InChI=1S/C25H25N3O3S/c1-16-6-8-22(17(2)11-16)27-25(32)28(15-21-5-4-10-31-21)14-19-12-18-13-20(30-3)7-9-23(18)26-24(19)29/h4-13H,14-15H2,1-3H3,(H,26,29)(H,27,32). The molecule has 164 valence electrons. The summed E-state index contributed by atoms with van der Waals surface area (Å²) in [6.07, 6.45) is 1.63. The highest BCUT2D eigenvalue weighted by molar-refractivity contribution is 7.80. The van der Waals surface area contributed by atoms with E-state index in [1.807, 2.05) is 60.4 Å². The Labute approximate surface area is 191 Å². The molecule has 4 aromatic rings. The molecule has 0 saturated carbocycles. The molecule has 0 bridgehead atoms. The highest BCUT2D eigenvalue weighted by Gasteiger charge is 2.16. The van der Waals surface area contributed by atoms with E-state index in [1.54, 1.807) is 13.4 Å². The quantitative estimate of drug-likeness (QED) is 0.399. The molecule has 0 aliphatic carbocycles. The number of H-pyrrole nitrogens is 1. The number of rotatable bonds is 6. The Morgan fingerprint density at radius 2 is 1.97 bits per heavy atom. The van der Waals surface area contributed by atoms with Gasteiger partial charge in [0.05, 0.1) is 26.5 Å². The molecule has 0 unspecified atom stereocenters. The lowest BCUT2D eigenvalue weighted by Gasteiger charge is -2.25. The van der Waals surface area contributed by atoms with Gasteiger partial charge in [-0.2, -0.15) is 0 Å². The number of aryl methyl sites for hydroxylation is 2. The van der Waals surface area contributed by atoms with Gasteiger partial charge in [0.15, 0.2) is 5.11 Å². The Balaban J connectivity index is 1.65. The molecule has 2 aromatic carbocycles. The van der Waals surface area contributed by atoms with E-state index in [1.165, 1.54) is 5.56 Å². The molecule has 0 radical (unpaired) electrons. The van der Waals surface area contributed by atoms with Crippen molar-refractivity contribution in [2.45, 2.75) is 26.9 Å². The smallest absolute Gasteiger partial charge is 0.253 e. The third kappa shape index (κ3) is 4.84. The molecular weight excluding hydrogens is 422 g/mol. The van der Waals surface area contributed by atoms with Gasteiger partial charge in [-0.25, -0.2) is 0 Å². The first-order chi connectivity index (χ1) is 15.4. The predicted molar refractivity (Wildman–Crippen MR) is 131 cm³/mol. The van der Waals surface area contributed by atoms with Crippen LogP contribution in [0.25, 0.3) is 10.9 Å². The van der Waals surface area contributed by atoms with Crippen LogP contribution >= 0.6 is 12.2 Å².